The van der Waals surface area contributed by atoms with Gasteiger partial charge in [-0.2, -0.15) is 0 Å². The molecule has 1 aromatic heterocycles. The van der Waals surface area contributed by atoms with Crippen molar-refractivity contribution < 1.29 is 14.3 Å². The molecule has 0 aliphatic carbocycles. The molecule has 3 rings (SSSR count). The van der Waals surface area contributed by atoms with Gasteiger partial charge < -0.3 is 19.8 Å². The maximum Gasteiger partial charge on any atom is 0.408 e. The lowest BCUT2D eigenvalue weighted by atomic mass is 9.98. The van der Waals surface area contributed by atoms with Crippen molar-refractivity contribution in [3.8, 4) is 5.75 Å². The van der Waals surface area contributed by atoms with Crippen LogP contribution in [0, 0.1) is 0 Å². The Bertz CT molecular complexity index is 907. The summed E-state index contributed by atoms with van der Waals surface area (Å²) in [6.45, 7) is 5.57. The van der Waals surface area contributed by atoms with E-state index in [9.17, 15) is 4.79 Å². The lowest BCUT2D eigenvalue weighted by Crippen LogP contribution is -2.35. The number of H-pyrrole nitrogens is 1. The first-order valence-electron chi connectivity index (χ1n) is 9.04. The molecule has 0 fully saturated rings. The summed E-state index contributed by atoms with van der Waals surface area (Å²) in [6, 6.07) is 15.7. The summed E-state index contributed by atoms with van der Waals surface area (Å²) in [4.78, 5) is 15.7. The van der Waals surface area contributed by atoms with E-state index in [1.54, 1.807) is 7.11 Å². The van der Waals surface area contributed by atoms with Gasteiger partial charge in [-0.3, -0.25) is 0 Å². The van der Waals surface area contributed by atoms with Crippen molar-refractivity contribution in [1.29, 1.82) is 0 Å². The van der Waals surface area contributed by atoms with Crippen molar-refractivity contribution in [3.05, 3.63) is 65.9 Å². The Labute approximate surface area is 159 Å². The smallest absolute Gasteiger partial charge is 0.408 e. The van der Waals surface area contributed by atoms with Gasteiger partial charge in [0.25, 0.3) is 0 Å². The van der Waals surface area contributed by atoms with Crippen molar-refractivity contribution in [2.75, 3.05) is 7.11 Å². The number of aromatic amines is 1. The van der Waals surface area contributed by atoms with Crippen LogP contribution in [-0.2, 0) is 11.2 Å². The molecule has 0 spiro atoms. The highest BCUT2D eigenvalue weighted by Crippen LogP contribution is 2.26. The number of nitrogens with one attached hydrogen (secondary N) is 2. The summed E-state index contributed by atoms with van der Waals surface area (Å²) in [7, 11) is 1.64. The molecule has 142 valence electrons. The number of rotatable bonds is 5. The van der Waals surface area contributed by atoms with Gasteiger partial charge in [0, 0.05) is 17.1 Å². The average Bonchev–Trinajstić information content (AvgIpc) is 3.03. The van der Waals surface area contributed by atoms with Crippen LogP contribution < -0.4 is 10.1 Å². The molecule has 0 aliphatic heterocycles. The highest BCUT2D eigenvalue weighted by atomic mass is 16.6. The molecule has 0 saturated carbocycles. The number of para-hydroxylation sites is 1. The van der Waals surface area contributed by atoms with E-state index in [0.717, 1.165) is 27.8 Å². The molecule has 0 bridgehead atoms. The molecule has 3 aromatic rings. The second-order valence-electron chi connectivity index (χ2n) is 7.54. The maximum absolute atomic E-state index is 12.4. The average molecular weight is 366 g/mol. The third-order valence-electron chi connectivity index (χ3n) is 4.31. The number of alkyl carbamates (subject to hydrolysis) is 1. The third kappa shape index (κ3) is 4.82. The Morgan fingerprint density at radius 1 is 1.11 bits per heavy atom. The van der Waals surface area contributed by atoms with Gasteiger partial charge in [-0.1, -0.05) is 30.3 Å². The van der Waals surface area contributed by atoms with E-state index >= 15 is 0 Å². The van der Waals surface area contributed by atoms with Gasteiger partial charge in [0.05, 0.1) is 13.2 Å². The Balaban J connectivity index is 1.87. The van der Waals surface area contributed by atoms with E-state index < -0.39 is 11.7 Å². The van der Waals surface area contributed by atoms with Gasteiger partial charge in [0.2, 0.25) is 0 Å². The first-order valence-corrected chi connectivity index (χ1v) is 9.04. The normalized spacial score (nSPS) is 12.6. The molecule has 0 radical (unpaired) electrons. The topological polar surface area (TPSA) is 63.3 Å². The number of carbonyl (C=O) groups excluding carboxylic acids is 1. The number of hydrogen-bond acceptors (Lipinski definition) is 3. The van der Waals surface area contributed by atoms with Crippen molar-refractivity contribution in [3.63, 3.8) is 0 Å². The first-order chi connectivity index (χ1) is 12.9. The molecular formula is C22H26N2O3. The Morgan fingerprint density at radius 3 is 2.48 bits per heavy atom. The molecule has 2 N–H and O–H groups in total. The van der Waals surface area contributed by atoms with Crippen molar-refractivity contribution in [2.24, 2.45) is 0 Å². The molecule has 2 aromatic carbocycles. The zero-order chi connectivity index (χ0) is 19.4. The Morgan fingerprint density at radius 2 is 1.81 bits per heavy atom. The van der Waals surface area contributed by atoms with Crippen LogP contribution in [-0.4, -0.2) is 23.8 Å². The summed E-state index contributed by atoms with van der Waals surface area (Å²) in [6.07, 6.45) is 2.22. The quantitative estimate of drug-likeness (QED) is 0.669. The monoisotopic (exact) mass is 366 g/mol. The second kappa shape index (κ2) is 7.74. The number of ether oxygens (including phenoxy) is 2. The van der Waals surface area contributed by atoms with Gasteiger partial charge in [0.1, 0.15) is 11.4 Å². The highest BCUT2D eigenvalue weighted by molar-refractivity contribution is 5.83. The molecule has 0 aliphatic rings. The molecular weight excluding hydrogens is 340 g/mol. The lowest BCUT2D eigenvalue weighted by molar-refractivity contribution is 0.0503. The minimum atomic E-state index is -0.546. The van der Waals surface area contributed by atoms with Crippen LogP contribution in [0.15, 0.2) is 54.7 Å². The Kier molecular flexibility index (Phi) is 5.40. The van der Waals surface area contributed by atoms with E-state index in [1.807, 2.05) is 69.4 Å². The molecule has 0 unspecified atom stereocenters. The van der Waals surface area contributed by atoms with Crippen LogP contribution in [0.3, 0.4) is 0 Å². The van der Waals surface area contributed by atoms with Crippen molar-refractivity contribution in [2.45, 2.75) is 38.8 Å². The summed E-state index contributed by atoms with van der Waals surface area (Å²) in [5.41, 5.74) is 2.67. The second-order valence-corrected chi connectivity index (χ2v) is 7.54. The zero-order valence-electron chi connectivity index (χ0n) is 16.2. The van der Waals surface area contributed by atoms with Crippen LogP contribution in [0.4, 0.5) is 4.79 Å². The lowest BCUT2D eigenvalue weighted by Gasteiger charge is -2.24. The maximum atomic E-state index is 12.4. The van der Waals surface area contributed by atoms with E-state index in [0.29, 0.717) is 6.42 Å². The minimum absolute atomic E-state index is 0.218. The van der Waals surface area contributed by atoms with Gasteiger partial charge in [-0.15, -0.1) is 0 Å². The molecule has 0 saturated heterocycles. The molecule has 27 heavy (non-hydrogen) atoms. The molecule has 1 heterocycles. The summed E-state index contributed by atoms with van der Waals surface area (Å²) < 4.78 is 10.7. The first kappa shape index (κ1) is 18.8. The Hall–Kier alpha value is -2.95. The van der Waals surface area contributed by atoms with Gasteiger partial charge in [-0.25, -0.2) is 4.79 Å². The number of carbonyl (C=O) groups is 1. The number of benzene rings is 2. The molecule has 5 heteroatoms. The summed E-state index contributed by atoms with van der Waals surface area (Å²) >= 11 is 0. The molecule has 5 nitrogen and oxygen atoms in total. The van der Waals surface area contributed by atoms with Crippen LogP contribution in [0.2, 0.25) is 0 Å². The fraction of sp³-hybridized carbons (Fsp3) is 0.318. The zero-order valence-corrected chi connectivity index (χ0v) is 16.2. The number of methoxy groups -OCH3 is 1. The van der Waals surface area contributed by atoms with E-state index in [-0.39, 0.29) is 6.04 Å². The molecule has 1 amide bonds. The van der Waals surface area contributed by atoms with Crippen LogP contribution in [0.1, 0.15) is 37.9 Å². The number of amides is 1. The van der Waals surface area contributed by atoms with Gasteiger partial charge >= 0.3 is 6.09 Å². The standard InChI is InChI=1S/C22H26N2O3/c1-22(2,3)27-21(25)24-20(15-9-11-17(26-4)12-10-15)13-16-14-23-19-8-6-5-7-18(16)19/h5-12,14,20,23H,13H2,1-4H3,(H,24,25)/t20-/m0/s1. The molecule has 1 atom stereocenters. The summed E-state index contributed by atoms with van der Waals surface area (Å²) in [5, 5.41) is 4.17. The largest absolute Gasteiger partial charge is 0.497 e. The number of aromatic nitrogens is 1. The SMILES string of the molecule is COc1ccc([C@H](Cc2c[nH]c3ccccc23)NC(=O)OC(C)(C)C)cc1. The predicted octanol–water partition coefficient (Wildman–Crippen LogP) is 4.99. The van der Waals surface area contributed by atoms with Crippen LogP contribution in [0.25, 0.3) is 10.9 Å². The van der Waals surface area contributed by atoms with Crippen molar-refractivity contribution in [1.82, 2.24) is 10.3 Å². The number of hydrogen-bond donors (Lipinski definition) is 2. The highest BCUT2D eigenvalue weighted by Gasteiger charge is 2.22. The fourth-order valence-electron chi connectivity index (χ4n) is 3.06. The van der Waals surface area contributed by atoms with Crippen LogP contribution in [0.5, 0.6) is 5.75 Å². The van der Waals surface area contributed by atoms with E-state index in [4.69, 9.17) is 9.47 Å². The minimum Gasteiger partial charge on any atom is -0.497 e. The van der Waals surface area contributed by atoms with Gasteiger partial charge in [-0.05, 0) is 56.5 Å². The van der Waals surface area contributed by atoms with E-state index in [2.05, 4.69) is 16.4 Å². The van der Waals surface area contributed by atoms with Crippen molar-refractivity contribution >= 4 is 17.0 Å². The third-order valence-corrected chi connectivity index (χ3v) is 4.31. The van der Waals surface area contributed by atoms with Crippen LogP contribution >= 0.6 is 0 Å². The van der Waals surface area contributed by atoms with Gasteiger partial charge in [0.15, 0.2) is 0 Å². The number of fused-ring (bicyclic) bond motifs is 1. The predicted molar refractivity (Wildman–Crippen MR) is 107 cm³/mol. The summed E-state index contributed by atoms with van der Waals surface area (Å²) in [5.74, 6) is 0.780. The fourth-order valence-corrected chi connectivity index (χ4v) is 3.06. The van der Waals surface area contributed by atoms with E-state index in [1.165, 1.54) is 0 Å².